The summed E-state index contributed by atoms with van der Waals surface area (Å²) in [6, 6.07) is 11.8. The van der Waals surface area contributed by atoms with E-state index >= 15 is 0 Å². The van der Waals surface area contributed by atoms with Crippen molar-refractivity contribution >= 4 is 41.7 Å². The summed E-state index contributed by atoms with van der Waals surface area (Å²) < 4.78 is 35.9. The monoisotopic (exact) mass is 678 g/mol. The Balaban J connectivity index is 0.961. The average molecular weight is 679 g/mol. The van der Waals surface area contributed by atoms with Gasteiger partial charge in [0.1, 0.15) is 46.8 Å². The highest BCUT2D eigenvalue weighted by atomic mass is 31.1. The van der Waals surface area contributed by atoms with Gasteiger partial charge in [0.25, 0.3) is 0 Å². The minimum atomic E-state index is -2.77. The van der Waals surface area contributed by atoms with E-state index in [0.29, 0.717) is 11.8 Å². The SMILES string of the molecule is COc1cccc2c(N3CCC(CC(CN)O[PH](=O)OC(CN)CC4CCN(c5ncnc6c(OC)cccc56)CC4)CC3)ncnc12. The summed E-state index contributed by atoms with van der Waals surface area (Å²) in [7, 11) is 0.539. The lowest BCUT2D eigenvalue weighted by Crippen LogP contribution is -2.37. The lowest BCUT2D eigenvalue weighted by molar-refractivity contribution is 0.104. The molecule has 0 amide bonds. The molecule has 14 heteroatoms. The molecule has 0 radical (unpaired) electrons. The summed E-state index contributed by atoms with van der Waals surface area (Å²) in [6.45, 7) is 3.98. The average Bonchev–Trinajstić information content (AvgIpc) is 3.13. The molecular formula is C34H47N8O5P. The summed E-state index contributed by atoms with van der Waals surface area (Å²) in [5.41, 5.74) is 13.8. The number of methoxy groups -OCH3 is 2. The second-order valence-corrected chi connectivity index (χ2v) is 13.6. The van der Waals surface area contributed by atoms with Crippen LogP contribution in [0.15, 0.2) is 49.1 Å². The molecule has 258 valence electrons. The predicted octanol–water partition coefficient (Wildman–Crippen LogP) is 4.58. The number of nitrogens with two attached hydrogens (primary N) is 2. The van der Waals surface area contributed by atoms with Crippen molar-refractivity contribution in [2.24, 2.45) is 23.3 Å². The van der Waals surface area contributed by atoms with Crippen LogP contribution in [-0.2, 0) is 13.6 Å². The van der Waals surface area contributed by atoms with E-state index in [-0.39, 0.29) is 25.3 Å². The maximum absolute atomic E-state index is 13.1. The Morgan fingerprint density at radius 1 is 0.708 bits per heavy atom. The first-order chi connectivity index (χ1) is 23.5. The fraction of sp³-hybridized carbons (Fsp3) is 0.529. The Kier molecular flexibility index (Phi) is 11.6. The third-order valence-corrected chi connectivity index (χ3v) is 10.8. The molecule has 0 saturated carbocycles. The van der Waals surface area contributed by atoms with Gasteiger partial charge in [0.05, 0.1) is 26.4 Å². The van der Waals surface area contributed by atoms with Gasteiger partial charge in [-0.15, -0.1) is 0 Å². The van der Waals surface area contributed by atoms with E-state index in [1.165, 1.54) is 0 Å². The summed E-state index contributed by atoms with van der Waals surface area (Å²) in [5.74, 6) is 4.12. The smallest absolute Gasteiger partial charge is 0.319 e. The maximum atomic E-state index is 13.1. The molecule has 6 rings (SSSR count). The highest BCUT2D eigenvalue weighted by Crippen LogP contribution is 2.37. The summed E-state index contributed by atoms with van der Waals surface area (Å²) in [6.07, 6.45) is 7.83. The van der Waals surface area contributed by atoms with E-state index in [9.17, 15) is 4.57 Å². The molecule has 0 bridgehead atoms. The highest BCUT2D eigenvalue weighted by molar-refractivity contribution is 7.33. The number of piperidine rings is 2. The van der Waals surface area contributed by atoms with Crippen LogP contribution in [0.3, 0.4) is 0 Å². The van der Waals surface area contributed by atoms with Crippen LogP contribution >= 0.6 is 8.25 Å². The van der Waals surface area contributed by atoms with Crippen LogP contribution in [0.5, 0.6) is 11.5 Å². The number of ether oxygens (including phenoxy) is 2. The molecule has 48 heavy (non-hydrogen) atoms. The van der Waals surface area contributed by atoms with Crippen molar-refractivity contribution in [3.63, 3.8) is 0 Å². The van der Waals surface area contributed by atoms with E-state index in [1.807, 2.05) is 36.4 Å². The van der Waals surface area contributed by atoms with Crippen molar-refractivity contribution < 1.29 is 23.1 Å². The Hall–Kier alpha value is -3.61. The first-order valence-electron chi connectivity index (χ1n) is 16.8. The van der Waals surface area contributed by atoms with Crippen molar-refractivity contribution in [1.29, 1.82) is 0 Å². The van der Waals surface area contributed by atoms with Crippen molar-refractivity contribution in [3.05, 3.63) is 49.1 Å². The van der Waals surface area contributed by atoms with Gasteiger partial charge in [0.15, 0.2) is 0 Å². The van der Waals surface area contributed by atoms with E-state index < -0.39 is 8.25 Å². The molecule has 4 heterocycles. The molecular weight excluding hydrogens is 631 g/mol. The molecule has 2 saturated heterocycles. The van der Waals surface area contributed by atoms with Gasteiger partial charge in [0.2, 0.25) is 0 Å². The largest absolute Gasteiger partial charge is 0.494 e. The summed E-state index contributed by atoms with van der Waals surface area (Å²) in [4.78, 5) is 22.7. The van der Waals surface area contributed by atoms with Crippen LogP contribution in [-0.4, -0.2) is 85.6 Å². The molecule has 2 aliphatic rings. The molecule has 2 aliphatic heterocycles. The number of benzene rings is 2. The van der Waals surface area contributed by atoms with Crippen molar-refractivity contribution in [1.82, 2.24) is 19.9 Å². The summed E-state index contributed by atoms with van der Waals surface area (Å²) in [5, 5.41) is 1.96. The van der Waals surface area contributed by atoms with Gasteiger partial charge in [0, 0.05) is 50.0 Å². The molecule has 2 atom stereocenters. The van der Waals surface area contributed by atoms with Crippen LogP contribution in [0.2, 0.25) is 0 Å². The standard InChI is InChI=1S/C34H47N8O5P/c1-44-29-7-3-5-27-31(29)37-21-39-33(27)41-13-9-23(10-14-41)17-25(19-35)46-48(43)47-26(20-36)18-24-11-15-42(16-12-24)34-28-6-4-8-30(45-2)32(28)38-22-40-34/h3-8,21-26,48H,9-20,35-36H2,1-2H3. The number of fused-ring (bicyclic) bond motifs is 2. The van der Waals surface area contributed by atoms with E-state index in [1.54, 1.807) is 26.9 Å². The number of anilines is 2. The zero-order valence-electron chi connectivity index (χ0n) is 27.8. The first kappa shape index (κ1) is 34.3. The molecule has 4 N–H and O–H groups in total. The number of hydrogen-bond donors (Lipinski definition) is 2. The highest BCUT2D eigenvalue weighted by Gasteiger charge is 2.28. The second-order valence-electron chi connectivity index (χ2n) is 12.6. The third-order valence-electron chi connectivity index (χ3n) is 9.73. The van der Waals surface area contributed by atoms with Gasteiger partial charge in [-0.1, -0.05) is 12.1 Å². The zero-order valence-corrected chi connectivity index (χ0v) is 28.8. The molecule has 4 aromatic rings. The molecule has 13 nitrogen and oxygen atoms in total. The van der Waals surface area contributed by atoms with Crippen LogP contribution in [0.4, 0.5) is 11.6 Å². The lowest BCUT2D eigenvalue weighted by Gasteiger charge is -2.35. The van der Waals surface area contributed by atoms with Crippen molar-refractivity contribution in [2.75, 3.05) is 63.3 Å². The van der Waals surface area contributed by atoms with Gasteiger partial charge in [-0.2, -0.15) is 0 Å². The van der Waals surface area contributed by atoms with Gasteiger partial charge < -0.3 is 39.8 Å². The molecule has 2 unspecified atom stereocenters. The maximum Gasteiger partial charge on any atom is 0.319 e. The lowest BCUT2D eigenvalue weighted by atomic mass is 9.91. The fourth-order valence-electron chi connectivity index (χ4n) is 7.12. The topological polar surface area (TPSA) is 164 Å². The van der Waals surface area contributed by atoms with E-state index in [2.05, 4.69) is 29.7 Å². The van der Waals surface area contributed by atoms with Crippen LogP contribution in [0, 0.1) is 11.8 Å². The van der Waals surface area contributed by atoms with Crippen LogP contribution in [0.25, 0.3) is 21.8 Å². The summed E-state index contributed by atoms with van der Waals surface area (Å²) >= 11 is 0. The van der Waals surface area contributed by atoms with Gasteiger partial charge in [-0.3, -0.25) is 4.57 Å². The van der Waals surface area contributed by atoms with Crippen LogP contribution < -0.4 is 30.7 Å². The van der Waals surface area contributed by atoms with E-state index in [0.717, 1.165) is 110 Å². The Morgan fingerprint density at radius 3 is 1.50 bits per heavy atom. The number of hydrogen-bond acceptors (Lipinski definition) is 13. The number of nitrogens with zero attached hydrogens (tertiary/aromatic N) is 6. The minimum absolute atomic E-state index is 0.283. The minimum Gasteiger partial charge on any atom is -0.494 e. The second kappa shape index (κ2) is 16.2. The number of para-hydroxylation sites is 2. The first-order valence-corrected chi connectivity index (χ1v) is 18.1. The molecule has 2 fully saturated rings. The van der Waals surface area contributed by atoms with Gasteiger partial charge >= 0.3 is 8.25 Å². The quantitative estimate of drug-likeness (QED) is 0.178. The molecule has 2 aromatic carbocycles. The number of rotatable bonds is 14. The fourth-order valence-corrected chi connectivity index (χ4v) is 8.10. The molecule has 0 aliphatic carbocycles. The van der Waals surface area contributed by atoms with Crippen molar-refractivity contribution in [2.45, 2.75) is 50.7 Å². The zero-order chi connectivity index (χ0) is 33.5. The van der Waals surface area contributed by atoms with Crippen LogP contribution in [0.1, 0.15) is 38.5 Å². The van der Waals surface area contributed by atoms with Gasteiger partial charge in [-0.05, 0) is 74.6 Å². The van der Waals surface area contributed by atoms with E-state index in [4.69, 9.17) is 30.0 Å². The Bertz CT molecular complexity index is 1560. The molecule has 2 aromatic heterocycles. The molecule has 0 spiro atoms. The van der Waals surface area contributed by atoms with Gasteiger partial charge in [-0.25, -0.2) is 19.9 Å². The van der Waals surface area contributed by atoms with Crippen molar-refractivity contribution in [3.8, 4) is 11.5 Å². The Labute approximate surface area is 282 Å². The number of aromatic nitrogens is 4. The predicted molar refractivity (Wildman–Crippen MR) is 188 cm³/mol. The normalized spacial score (nSPS) is 18.2. The Morgan fingerprint density at radius 2 is 1.12 bits per heavy atom. The third kappa shape index (κ3) is 7.82.